The molecule has 1 saturated heterocycles. The van der Waals surface area contributed by atoms with E-state index in [9.17, 15) is 4.79 Å². The van der Waals surface area contributed by atoms with Crippen molar-refractivity contribution in [3.8, 4) is 0 Å². The number of hydrogen-bond donors (Lipinski definition) is 0. The zero-order valence-electron chi connectivity index (χ0n) is 14.1. The Bertz CT molecular complexity index is 514. The molecule has 0 bridgehead atoms. The van der Waals surface area contributed by atoms with Crippen molar-refractivity contribution in [1.29, 1.82) is 0 Å². The lowest BCUT2D eigenvalue weighted by Crippen LogP contribution is -2.42. The van der Waals surface area contributed by atoms with E-state index in [4.69, 9.17) is 14.2 Å². The van der Waals surface area contributed by atoms with Crippen LogP contribution in [0.2, 0.25) is 0 Å². The van der Waals surface area contributed by atoms with E-state index < -0.39 is 5.79 Å². The summed E-state index contributed by atoms with van der Waals surface area (Å²) < 4.78 is 17.4. The van der Waals surface area contributed by atoms with Crippen molar-refractivity contribution in [2.24, 2.45) is 11.8 Å². The summed E-state index contributed by atoms with van der Waals surface area (Å²) in [4.78, 5) is 12.1. The summed E-state index contributed by atoms with van der Waals surface area (Å²) in [6.07, 6.45) is -0.210. The summed E-state index contributed by atoms with van der Waals surface area (Å²) >= 11 is 0. The number of rotatable bonds is 5. The lowest BCUT2D eigenvalue weighted by Gasteiger charge is -2.35. The zero-order valence-corrected chi connectivity index (χ0v) is 14.1. The predicted octanol–water partition coefficient (Wildman–Crippen LogP) is 3.58. The van der Waals surface area contributed by atoms with E-state index in [0.29, 0.717) is 12.2 Å². The Morgan fingerprint density at radius 2 is 2.00 bits per heavy atom. The molecule has 1 aromatic rings. The number of aryl methyl sites for hydroxylation is 1. The Labute approximate surface area is 132 Å². The van der Waals surface area contributed by atoms with Crippen LogP contribution in [0.1, 0.15) is 43.6 Å². The molecule has 0 N–H and O–H groups in total. The molecule has 4 heteroatoms. The minimum absolute atomic E-state index is 0.210. The SMILES string of the molecule is Cc1cccc(C(=O)OC[C@H]2COC(C(C)C)(C(C)C)O2)c1. The van der Waals surface area contributed by atoms with Crippen molar-refractivity contribution in [3.05, 3.63) is 35.4 Å². The van der Waals surface area contributed by atoms with E-state index in [-0.39, 0.29) is 30.5 Å². The molecule has 0 spiro atoms. The smallest absolute Gasteiger partial charge is 0.338 e. The Kier molecular flexibility index (Phi) is 5.24. The minimum Gasteiger partial charge on any atom is -0.459 e. The molecule has 0 aromatic heterocycles. The van der Waals surface area contributed by atoms with E-state index in [2.05, 4.69) is 27.7 Å². The number of benzene rings is 1. The molecule has 1 aliphatic heterocycles. The minimum atomic E-state index is -0.583. The lowest BCUT2D eigenvalue weighted by atomic mass is 9.91. The number of carbonyl (C=O) groups excluding carboxylic acids is 1. The fourth-order valence-corrected chi connectivity index (χ4v) is 2.93. The van der Waals surface area contributed by atoms with E-state index in [1.165, 1.54) is 0 Å². The molecule has 0 unspecified atom stereocenters. The molecule has 22 heavy (non-hydrogen) atoms. The summed E-state index contributed by atoms with van der Waals surface area (Å²) in [7, 11) is 0. The number of carbonyl (C=O) groups is 1. The van der Waals surface area contributed by atoms with Crippen LogP contribution in [0.4, 0.5) is 0 Å². The van der Waals surface area contributed by atoms with Crippen LogP contribution in [-0.4, -0.2) is 31.1 Å². The van der Waals surface area contributed by atoms with E-state index in [1.807, 2.05) is 25.1 Å². The molecule has 0 amide bonds. The molecule has 4 nitrogen and oxygen atoms in total. The molecule has 0 radical (unpaired) electrons. The molecule has 1 heterocycles. The van der Waals surface area contributed by atoms with Crippen LogP contribution in [0.5, 0.6) is 0 Å². The van der Waals surface area contributed by atoms with Crippen LogP contribution in [0.15, 0.2) is 24.3 Å². The van der Waals surface area contributed by atoms with Crippen LogP contribution in [0.25, 0.3) is 0 Å². The largest absolute Gasteiger partial charge is 0.459 e. The monoisotopic (exact) mass is 306 g/mol. The predicted molar refractivity (Wildman–Crippen MR) is 84.7 cm³/mol. The van der Waals surface area contributed by atoms with E-state index >= 15 is 0 Å². The number of hydrogen-bond acceptors (Lipinski definition) is 4. The maximum absolute atomic E-state index is 12.1. The van der Waals surface area contributed by atoms with Crippen LogP contribution in [0, 0.1) is 18.8 Å². The lowest BCUT2D eigenvalue weighted by molar-refractivity contribution is -0.227. The average Bonchev–Trinajstić information content (AvgIpc) is 2.90. The molecule has 1 aromatic carbocycles. The summed E-state index contributed by atoms with van der Waals surface area (Å²) in [6.45, 7) is 11.0. The van der Waals surface area contributed by atoms with Gasteiger partial charge in [-0.1, -0.05) is 45.4 Å². The maximum Gasteiger partial charge on any atom is 0.338 e. The summed E-state index contributed by atoms with van der Waals surface area (Å²) in [5.74, 6) is -0.422. The summed E-state index contributed by atoms with van der Waals surface area (Å²) in [5.41, 5.74) is 1.60. The maximum atomic E-state index is 12.1. The van der Waals surface area contributed by atoms with E-state index in [0.717, 1.165) is 5.56 Å². The highest BCUT2D eigenvalue weighted by molar-refractivity contribution is 5.89. The molecule has 1 atom stereocenters. The van der Waals surface area contributed by atoms with Gasteiger partial charge in [0, 0.05) is 11.8 Å². The van der Waals surface area contributed by atoms with Gasteiger partial charge in [0.1, 0.15) is 12.7 Å². The van der Waals surface area contributed by atoms with Gasteiger partial charge in [-0.05, 0) is 19.1 Å². The zero-order chi connectivity index (χ0) is 16.3. The van der Waals surface area contributed by atoms with Crippen molar-refractivity contribution >= 4 is 5.97 Å². The Morgan fingerprint density at radius 1 is 1.32 bits per heavy atom. The highest BCUT2D eigenvalue weighted by atomic mass is 16.8. The number of esters is 1. The molecule has 0 aliphatic carbocycles. The normalized spacial score (nSPS) is 20.6. The van der Waals surface area contributed by atoms with Gasteiger partial charge in [0.25, 0.3) is 0 Å². The van der Waals surface area contributed by atoms with Gasteiger partial charge in [0.2, 0.25) is 0 Å². The molecule has 0 saturated carbocycles. The summed E-state index contributed by atoms with van der Waals surface area (Å²) in [5, 5.41) is 0. The van der Waals surface area contributed by atoms with Crippen LogP contribution < -0.4 is 0 Å². The van der Waals surface area contributed by atoms with Gasteiger partial charge in [-0.15, -0.1) is 0 Å². The van der Waals surface area contributed by atoms with Crippen LogP contribution in [-0.2, 0) is 14.2 Å². The van der Waals surface area contributed by atoms with Gasteiger partial charge >= 0.3 is 5.97 Å². The van der Waals surface area contributed by atoms with Crippen molar-refractivity contribution in [2.75, 3.05) is 13.2 Å². The highest BCUT2D eigenvalue weighted by Gasteiger charge is 2.47. The first-order chi connectivity index (χ1) is 10.3. The molecule has 2 rings (SSSR count). The van der Waals surface area contributed by atoms with Crippen molar-refractivity contribution in [2.45, 2.75) is 46.5 Å². The Morgan fingerprint density at radius 3 is 2.55 bits per heavy atom. The molecule has 1 fully saturated rings. The van der Waals surface area contributed by atoms with Crippen molar-refractivity contribution < 1.29 is 19.0 Å². The quantitative estimate of drug-likeness (QED) is 0.780. The van der Waals surface area contributed by atoms with Gasteiger partial charge in [-0.3, -0.25) is 0 Å². The Balaban J connectivity index is 1.92. The topological polar surface area (TPSA) is 44.8 Å². The van der Waals surface area contributed by atoms with Crippen molar-refractivity contribution in [1.82, 2.24) is 0 Å². The van der Waals surface area contributed by atoms with Gasteiger partial charge < -0.3 is 14.2 Å². The first-order valence-electron chi connectivity index (χ1n) is 7.90. The van der Waals surface area contributed by atoms with Gasteiger partial charge in [0.05, 0.1) is 12.2 Å². The highest BCUT2D eigenvalue weighted by Crippen LogP contribution is 2.37. The molecular weight excluding hydrogens is 280 g/mol. The Hall–Kier alpha value is -1.39. The molecular formula is C18H26O4. The first-order valence-corrected chi connectivity index (χ1v) is 7.90. The van der Waals surface area contributed by atoms with Crippen molar-refractivity contribution in [3.63, 3.8) is 0 Å². The fraction of sp³-hybridized carbons (Fsp3) is 0.611. The van der Waals surface area contributed by atoms with Crippen LogP contribution >= 0.6 is 0 Å². The van der Waals surface area contributed by atoms with Crippen LogP contribution in [0.3, 0.4) is 0 Å². The molecule has 122 valence electrons. The van der Waals surface area contributed by atoms with Gasteiger partial charge in [-0.25, -0.2) is 4.79 Å². The van der Waals surface area contributed by atoms with Gasteiger partial charge in [0.15, 0.2) is 5.79 Å². The second-order valence-electron chi connectivity index (χ2n) is 6.55. The third-order valence-corrected chi connectivity index (χ3v) is 4.11. The first kappa shape index (κ1) is 17.0. The fourth-order valence-electron chi connectivity index (χ4n) is 2.93. The van der Waals surface area contributed by atoms with Gasteiger partial charge in [-0.2, -0.15) is 0 Å². The van der Waals surface area contributed by atoms with E-state index in [1.54, 1.807) is 6.07 Å². The number of ether oxygens (including phenoxy) is 3. The average molecular weight is 306 g/mol. The summed E-state index contributed by atoms with van der Waals surface area (Å²) in [6, 6.07) is 7.38. The third kappa shape index (κ3) is 3.50. The molecule has 1 aliphatic rings. The second-order valence-corrected chi connectivity index (χ2v) is 6.55. The standard InChI is InChI=1S/C18H26O4/c1-12(2)18(13(3)4)21-11-16(22-18)10-20-17(19)15-8-6-7-14(5)9-15/h6-9,12-13,16H,10-11H2,1-5H3/t16-/m0/s1. The third-order valence-electron chi connectivity index (χ3n) is 4.11. The second kappa shape index (κ2) is 6.80.